The van der Waals surface area contributed by atoms with Crippen LogP contribution in [-0.4, -0.2) is 31.2 Å². The summed E-state index contributed by atoms with van der Waals surface area (Å²) in [5, 5.41) is 6.71. The van der Waals surface area contributed by atoms with Crippen LogP contribution in [0.15, 0.2) is 5.11 Å². The second-order valence-corrected chi connectivity index (χ2v) is 4.75. The van der Waals surface area contributed by atoms with Gasteiger partial charge in [0.2, 0.25) is 0 Å². The van der Waals surface area contributed by atoms with Crippen molar-refractivity contribution < 1.29 is 9.53 Å². The third-order valence-corrected chi connectivity index (χ3v) is 3.40. The van der Waals surface area contributed by atoms with E-state index in [1.165, 1.54) is 0 Å². The molecule has 0 aromatic carbocycles. The van der Waals surface area contributed by atoms with Gasteiger partial charge in [-0.1, -0.05) is 32.3 Å². The van der Waals surface area contributed by atoms with E-state index in [1.54, 1.807) is 0 Å². The van der Waals surface area contributed by atoms with Crippen molar-refractivity contribution >= 4 is 5.97 Å². The lowest BCUT2D eigenvalue weighted by atomic mass is 9.84. The van der Waals surface area contributed by atoms with Gasteiger partial charge in [0, 0.05) is 18.0 Å². The minimum Gasteiger partial charge on any atom is -0.465 e. The van der Waals surface area contributed by atoms with Gasteiger partial charge in [-0.15, -0.1) is 0 Å². The summed E-state index contributed by atoms with van der Waals surface area (Å²) >= 11 is 0. The SMILES string of the molecule is CCOC(=O)C(CC)(CC(C)CC)NCCN=[N+]=[N-]. The highest BCUT2D eigenvalue weighted by molar-refractivity contribution is 5.80. The summed E-state index contributed by atoms with van der Waals surface area (Å²) in [7, 11) is 0. The van der Waals surface area contributed by atoms with E-state index >= 15 is 0 Å². The Balaban J connectivity index is 4.82. The molecule has 0 saturated heterocycles. The summed E-state index contributed by atoms with van der Waals surface area (Å²) in [6.45, 7) is 9.20. The van der Waals surface area contributed by atoms with E-state index < -0.39 is 5.54 Å². The van der Waals surface area contributed by atoms with Crippen LogP contribution in [0.3, 0.4) is 0 Å². The molecular formula is C13H26N4O2. The lowest BCUT2D eigenvalue weighted by molar-refractivity contribution is -0.152. The van der Waals surface area contributed by atoms with Crippen LogP contribution >= 0.6 is 0 Å². The number of azide groups is 1. The van der Waals surface area contributed by atoms with Crippen molar-refractivity contribution in [3.8, 4) is 0 Å². The second kappa shape index (κ2) is 9.64. The molecule has 0 heterocycles. The molecule has 110 valence electrons. The molecule has 6 nitrogen and oxygen atoms in total. The molecule has 0 aromatic heterocycles. The largest absolute Gasteiger partial charge is 0.465 e. The molecule has 1 N–H and O–H groups in total. The summed E-state index contributed by atoms with van der Waals surface area (Å²) in [4.78, 5) is 14.9. The Hall–Kier alpha value is -1.26. The van der Waals surface area contributed by atoms with E-state index in [2.05, 4.69) is 29.2 Å². The molecule has 0 aliphatic carbocycles. The van der Waals surface area contributed by atoms with E-state index in [0.29, 0.717) is 32.0 Å². The Bertz CT molecular complexity index is 316. The number of hydrogen-bond acceptors (Lipinski definition) is 4. The van der Waals surface area contributed by atoms with E-state index in [0.717, 1.165) is 12.8 Å². The highest BCUT2D eigenvalue weighted by Gasteiger charge is 2.38. The first-order chi connectivity index (χ1) is 9.06. The summed E-state index contributed by atoms with van der Waals surface area (Å²) in [6, 6.07) is 0. The quantitative estimate of drug-likeness (QED) is 0.217. The predicted octanol–water partition coefficient (Wildman–Crippen LogP) is 3.03. The van der Waals surface area contributed by atoms with Gasteiger partial charge in [-0.2, -0.15) is 0 Å². The molecule has 0 bridgehead atoms. The minimum absolute atomic E-state index is 0.210. The van der Waals surface area contributed by atoms with E-state index in [4.69, 9.17) is 10.3 Å². The van der Waals surface area contributed by atoms with Gasteiger partial charge in [0.15, 0.2) is 0 Å². The smallest absolute Gasteiger partial charge is 0.326 e. The fraction of sp³-hybridized carbons (Fsp3) is 0.923. The van der Waals surface area contributed by atoms with Gasteiger partial charge in [0.05, 0.1) is 6.61 Å². The van der Waals surface area contributed by atoms with Crippen molar-refractivity contribution in [3.63, 3.8) is 0 Å². The molecule has 0 radical (unpaired) electrons. The van der Waals surface area contributed by atoms with Gasteiger partial charge in [-0.05, 0) is 31.2 Å². The van der Waals surface area contributed by atoms with Crippen molar-refractivity contribution in [2.45, 2.75) is 52.5 Å². The number of nitrogens with zero attached hydrogens (tertiary/aromatic N) is 3. The molecule has 6 heteroatoms. The summed E-state index contributed by atoms with van der Waals surface area (Å²) in [6.07, 6.45) is 2.40. The van der Waals surface area contributed by atoms with Crippen molar-refractivity contribution in [1.82, 2.24) is 5.32 Å². The first-order valence-corrected chi connectivity index (χ1v) is 6.99. The first-order valence-electron chi connectivity index (χ1n) is 6.99. The molecule has 0 aliphatic rings. The Morgan fingerprint density at radius 3 is 2.63 bits per heavy atom. The van der Waals surface area contributed by atoms with Gasteiger partial charge in [0.25, 0.3) is 0 Å². The number of hydrogen-bond donors (Lipinski definition) is 1. The normalized spacial score (nSPS) is 15.2. The molecule has 0 aliphatic heterocycles. The van der Waals surface area contributed by atoms with Gasteiger partial charge in [0.1, 0.15) is 5.54 Å². The van der Waals surface area contributed by atoms with Crippen LogP contribution in [0, 0.1) is 5.92 Å². The predicted molar refractivity (Wildman–Crippen MR) is 75.7 cm³/mol. The van der Waals surface area contributed by atoms with Gasteiger partial charge in [-0.3, -0.25) is 4.79 Å². The van der Waals surface area contributed by atoms with Crippen LogP contribution in [0.5, 0.6) is 0 Å². The van der Waals surface area contributed by atoms with Crippen LogP contribution in [-0.2, 0) is 9.53 Å². The Morgan fingerprint density at radius 2 is 2.16 bits per heavy atom. The molecule has 2 atom stereocenters. The highest BCUT2D eigenvalue weighted by Crippen LogP contribution is 2.24. The fourth-order valence-corrected chi connectivity index (χ4v) is 2.04. The first kappa shape index (κ1) is 17.7. The number of carbonyl (C=O) groups is 1. The average molecular weight is 270 g/mol. The van der Waals surface area contributed by atoms with E-state index in [1.807, 2.05) is 13.8 Å². The zero-order chi connectivity index (χ0) is 14.7. The maximum absolute atomic E-state index is 12.2. The number of nitrogens with one attached hydrogen (secondary N) is 1. The lowest BCUT2D eigenvalue weighted by Gasteiger charge is -2.33. The number of rotatable bonds is 10. The topological polar surface area (TPSA) is 87.1 Å². The Morgan fingerprint density at radius 1 is 1.47 bits per heavy atom. The maximum atomic E-state index is 12.2. The van der Waals surface area contributed by atoms with Gasteiger partial charge >= 0.3 is 5.97 Å². The van der Waals surface area contributed by atoms with Crippen LogP contribution in [0.2, 0.25) is 0 Å². The molecule has 0 aromatic rings. The fourth-order valence-electron chi connectivity index (χ4n) is 2.04. The lowest BCUT2D eigenvalue weighted by Crippen LogP contribution is -2.54. The second-order valence-electron chi connectivity index (χ2n) is 4.75. The van der Waals surface area contributed by atoms with E-state index in [9.17, 15) is 4.79 Å². The zero-order valence-electron chi connectivity index (χ0n) is 12.5. The van der Waals surface area contributed by atoms with Crippen LogP contribution in [0.4, 0.5) is 0 Å². The molecule has 0 amide bonds. The van der Waals surface area contributed by atoms with Crippen molar-refractivity contribution in [2.75, 3.05) is 19.7 Å². The third kappa shape index (κ3) is 5.94. The molecule has 2 unspecified atom stereocenters. The van der Waals surface area contributed by atoms with Gasteiger partial charge < -0.3 is 10.1 Å². The number of esters is 1. The van der Waals surface area contributed by atoms with Crippen molar-refractivity contribution in [3.05, 3.63) is 10.4 Å². The molecular weight excluding hydrogens is 244 g/mol. The van der Waals surface area contributed by atoms with Crippen LogP contribution in [0.25, 0.3) is 10.4 Å². The van der Waals surface area contributed by atoms with Crippen LogP contribution in [0.1, 0.15) is 47.0 Å². The summed E-state index contributed by atoms with van der Waals surface area (Å²) < 4.78 is 5.20. The van der Waals surface area contributed by atoms with Gasteiger partial charge in [-0.25, -0.2) is 0 Å². The highest BCUT2D eigenvalue weighted by atomic mass is 16.5. The van der Waals surface area contributed by atoms with E-state index in [-0.39, 0.29) is 5.97 Å². The van der Waals surface area contributed by atoms with Crippen molar-refractivity contribution in [1.29, 1.82) is 0 Å². The monoisotopic (exact) mass is 270 g/mol. The molecule has 0 fully saturated rings. The number of ether oxygens (including phenoxy) is 1. The minimum atomic E-state index is -0.670. The molecule has 0 rings (SSSR count). The standard InChI is InChI=1S/C13H26N4O2/c1-5-11(4)10-13(6-2,12(18)19-7-3)15-8-9-16-17-14/h11,15H,5-10H2,1-4H3. The zero-order valence-corrected chi connectivity index (χ0v) is 12.5. The number of carbonyl (C=O) groups excluding carboxylic acids is 1. The summed E-state index contributed by atoms with van der Waals surface area (Å²) in [5.41, 5.74) is 7.60. The summed E-state index contributed by atoms with van der Waals surface area (Å²) in [5.74, 6) is 0.218. The Kier molecular flexibility index (Phi) is 9.00. The van der Waals surface area contributed by atoms with Crippen LogP contribution < -0.4 is 5.32 Å². The Labute approximate surface area is 115 Å². The molecule has 0 spiro atoms. The average Bonchev–Trinajstić information content (AvgIpc) is 2.42. The molecule has 19 heavy (non-hydrogen) atoms. The van der Waals surface area contributed by atoms with Crippen molar-refractivity contribution in [2.24, 2.45) is 11.0 Å². The third-order valence-electron chi connectivity index (χ3n) is 3.40. The molecule has 0 saturated carbocycles. The maximum Gasteiger partial charge on any atom is 0.326 e.